The van der Waals surface area contributed by atoms with E-state index in [1.807, 2.05) is 0 Å². The second kappa shape index (κ2) is 30.6. The molecule has 0 aliphatic heterocycles. The summed E-state index contributed by atoms with van der Waals surface area (Å²) >= 11 is 0. The first-order valence-corrected chi connectivity index (χ1v) is 17.6. The number of aliphatic carboxylic acids is 1. The van der Waals surface area contributed by atoms with Crippen molar-refractivity contribution in [2.75, 3.05) is 0 Å². The van der Waals surface area contributed by atoms with Crippen LogP contribution in [0.15, 0.2) is 0 Å². The Morgan fingerprint density at radius 1 is 0.475 bits per heavy atom. The number of amides is 2. The summed E-state index contributed by atoms with van der Waals surface area (Å²) in [7, 11) is 0. The number of hydrogen-bond donors (Lipinski definition) is 2. The van der Waals surface area contributed by atoms with E-state index in [0.29, 0.717) is 12.8 Å². The van der Waals surface area contributed by atoms with E-state index in [4.69, 9.17) is 0 Å². The molecule has 0 aromatic rings. The molecule has 0 saturated carbocycles. The van der Waals surface area contributed by atoms with E-state index in [9.17, 15) is 19.5 Å². The Balaban J connectivity index is 3.68. The highest BCUT2D eigenvalue weighted by atomic mass is 16.4. The molecule has 5 heteroatoms. The molecule has 236 valence electrons. The van der Waals surface area contributed by atoms with Crippen molar-refractivity contribution in [2.24, 2.45) is 5.92 Å². The first-order chi connectivity index (χ1) is 19.5. The molecule has 0 aromatic heterocycles. The first kappa shape index (κ1) is 38.6. The summed E-state index contributed by atoms with van der Waals surface area (Å²) in [5, 5.41) is 11.8. The number of carbonyl (C=O) groups excluding carboxylic acids is 2. The number of carboxylic acids is 1. The zero-order chi connectivity index (χ0) is 29.5. The molecule has 5 nitrogen and oxygen atoms in total. The third-order valence-electron chi connectivity index (χ3n) is 8.23. The summed E-state index contributed by atoms with van der Waals surface area (Å²) in [4.78, 5) is 36.1. The van der Waals surface area contributed by atoms with Crippen molar-refractivity contribution in [1.82, 2.24) is 5.32 Å². The molecule has 40 heavy (non-hydrogen) atoms. The summed E-state index contributed by atoms with van der Waals surface area (Å²) in [6.45, 7) is 4.51. The van der Waals surface area contributed by atoms with Crippen LogP contribution in [0, 0.1) is 5.92 Å². The van der Waals surface area contributed by atoms with Gasteiger partial charge in [0.2, 0.25) is 11.8 Å². The largest absolute Gasteiger partial charge is 0.481 e. The average molecular weight is 566 g/mol. The van der Waals surface area contributed by atoms with Crippen molar-refractivity contribution in [3.63, 3.8) is 0 Å². The minimum atomic E-state index is -1.12. The standard InChI is InChI=1S/C35H67NO4/c1-3-5-7-9-11-13-15-17-19-21-23-25-27-29-31-33(37)36-34(38)32(35(39)40)30-28-26-24-22-20-18-16-14-12-10-8-6-4-2/h32H,3-31H2,1-2H3,(H,39,40)(H,36,37,38). The number of carboxylic acid groups (broad SMARTS) is 1. The van der Waals surface area contributed by atoms with Gasteiger partial charge in [-0.2, -0.15) is 0 Å². The Morgan fingerprint density at radius 2 is 0.775 bits per heavy atom. The van der Waals surface area contributed by atoms with Crippen LogP contribution in [0.5, 0.6) is 0 Å². The minimum Gasteiger partial charge on any atom is -0.481 e. The average Bonchev–Trinajstić information content (AvgIpc) is 2.93. The Bertz CT molecular complexity index is 592. The van der Waals surface area contributed by atoms with Crippen molar-refractivity contribution in [2.45, 2.75) is 200 Å². The van der Waals surface area contributed by atoms with Crippen molar-refractivity contribution in [3.05, 3.63) is 0 Å². The van der Waals surface area contributed by atoms with Gasteiger partial charge in [0.1, 0.15) is 5.92 Å². The number of unbranched alkanes of at least 4 members (excludes halogenated alkanes) is 25. The zero-order valence-electron chi connectivity index (χ0n) is 26.8. The topological polar surface area (TPSA) is 83.5 Å². The maximum absolute atomic E-state index is 12.4. The zero-order valence-corrected chi connectivity index (χ0v) is 26.8. The van der Waals surface area contributed by atoms with Crippen LogP contribution in [0.3, 0.4) is 0 Å². The summed E-state index contributed by atoms with van der Waals surface area (Å²) in [6.07, 6.45) is 34.1. The Hall–Kier alpha value is -1.39. The fourth-order valence-corrected chi connectivity index (χ4v) is 5.50. The monoisotopic (exact) mass is 566 g/mol. The molecule has 0 spiro atoms. The van der Waals surface area contributed by atoms with Crippen LogP contribution < -0.4 is 5.32 Å². The molecule has 1 atom stereocenters. The number of carbonyl (C=O) groups is 3. The highest BCUT2D eigenvalue weighted by Crippen LogP contribution is 2.16. The van der Waals surface area contributed by atoms with Crippen LogP contribution in [-0.2, 0) is 14.4 Å². The fourth-order valence-electron chi connectivity index (χ4n) is 5.50. The van der Waals surface area contributed by atoms with Gasteiger partial charge in [-0.3, -0.25) is 19.7 Å². The van der Waals surface area contributed by atoms with Crippen LogP contribution in [0.4, 0.5) is 0 Å². The first-order valence-electron chi connectivity index (χ1n) is 17.6. The highest BCUT2D eigenvalue weighted by Gasteiger charge is 2.26. The van der Waals surface area contributed by atoms with Crippen LogP contribution >= 0.6 is 0 Å². The van der Waals surface area contributed by atoms with Gasteiger partial charge in [-0.05, 0) is 12.8 Å². The number of hydrogen-bond acceptors (Lipinski definition) is 3. The number of nitrogens with one attached hydrogen (secondary N) is 1. The smallest absolute Gasteiger partial charge is 0.316 e. The maximum Gasteiger partial charge on any atom is 0.316 e. The van der Waals surface area contributed by atoms with E-state index >= 15 is 0 Å². The second-order valence-corrected chi connectivity index (χ2v) is 12.2. The van der Waals surface area contributed by atoms with E-state index in [1.54, 1.807) is 0 Å². The van der Waals surface area contributed by atoms with Crippen molar-refractivity contribution < 1.29 is 19.5 Å². The summed E-state index contributed by atoms with van der Waals surface area (Å²) < 4.78 is 0. The normalized spacial score (nSPS) is 11.9. The molecular weight excluding hydrogens is 498 g/mol. The molecule has 0 aliphatic rings. The van der Waals surface area contributed by atoms with Gasteiger partial charge in [0.25, 0.3) is 0 Å². The molecule has 0 fully saturated rings. The summed E-state index contributed by atoms with van der Waals surface area (Å²) in [6, 6.07) is 0. The Labute approximate surface area is 248 Å². The van der Waals surface area contributed by atoms with Crippen LogP contribution in [0.25, 0.3) is 0 Å². The molecule has 0 rings (SSSR count). The van der Waals surface area contributed by atoms with Gasteiger partial charge >= 0.3 is 5.97 Å². The molecular formula is C35H67NO4. The quantitative estimate of drug-likeness (QED) is 0.0647. The molecule has 1 unspecified atom stereocenters. The van der Waals surface area contributed by atoms with Gasteiger partial charge in [-0.1, -0.05) is 181 Å². The van der Waals surface area contributed by atoms with Gasteiger partial charge in [0, 0.05) is 6.42 Å². The molecule has 2 N–H and O–H groups in total. The van der Waals surface area contributed by atoms with E-state index < -0.39 is 17.8 Å². The lowest BCUT2D eigenvalue weighted by molar-refractivity contribution is -0.148. The van der Waals surface area contributed by atoms with E-state index in [-0.39, 0.29) is 5.91 Å². The van der Waals surface area contributed by atoms with Crippen molar-refractivity contribution in [1.29, 1.82) is 0 Å². The van der Waals surface area contributed by atoms with Gasteiger partial charge in [-0.15, -0.1) is 0 Å². The molecule has 0 saturated heterocycles. The third kappa shape index (κ3) is 26.8. The molecule has 2 amide bonds. The van der Waals surface area contributed by atoms with Gasteiger partial charge in [-0.25, -0.2) is 0 Å². The number of imide groups is 1. The molecule has 0 radical (unpaired) electrons. The van der Waals surface area contributed by atoms with Crippen LogP contribution in [0.2, 0.25) is 0 Å². The predicted molar refractivity (Wildman–Crippen MR) is 170 cm³/mol. The maximum atomic E-state index is 12.4. The molecule has 0 aromatic carbocycles. The predicted octanol–water partition coefficient (Wildman–Crippen LogP) is 10.7. The van der Waals surface area contributed by atoms with Gasteiger partial charge in [0.15, 0.2) is 0 Å². The lowest BCUT2D eigenvalue weighted by atomic mass is 9.99. The second-order valence-electron chi connectivity index (χ2n) is 12.2. The molecule has 0 heterocycles. The van der Waals surface area contributed by atoms with Crippen LogP contribution in [-0.4, -0.2) is 22.9 Å². The molecule has 0 bridgehead atoms. The lowest BCUT2D eigenvalue weighted by Gasteiger charge is -2.12. The van der Waals surface area contributed by atoms with Crippen molar-refractivity contribution >= 4 is 17.8 Å². The van der Waals surface area contributed by atoms with Gasteiger partial charge in [0.05, 0.1) is 0 Å². The Kier molecular flexibility index (Phi) is 29.5. The van der Waals surface area contributed by atoms with Crippen molar-refractivity contribution in [3.8, 4) is 0 Å². The summed E-state index contributed by atoms with van der Waals surface area (Å²) in [5.74, 6) is -3.21. The van der Waals surface area contributed by atoms with E-state index in [2.05, 4.69) is 19.2 Å². The van der Waals surface area contributed by atoms with E-state index in [1.165, 1.54) is 135 Å². The Morgan fingerprint density at radius 3 is 1.10 bits per heavy atom. The van der Waals surface area contributed by atoms with E-state index in [0.717, 1.165) is 38.5 Å². The summed E-state index contributed by atoms with van der Waals surface area (Å²) in [5.41, 5.74) is 0. The third-order valence-corrected chi connectivity index (χ3v) is 8.23. The van der Waals surface area contributed by atoms with Crippen LogP contribution in [0.1, 0.15) is 200 Å². The SMILES string of the molecule is CCCCCCCCCCCCCCCCC(=O)NC(=O)C(CCCCCCCCCCCCCCC)C(=O)O. The fraction of sp³-hybridized carbons (Fsp3) is 0.914. The molecule has 0 aliphatic carbocycles. The number of rotatable bonds is 31. The lowest BCUT2D eigenvalue weighted by Crippen LogP contribution is -2.39. The van der Waals surface area contributed by atoms with Gasteiger partial charge < -0.3 is 5.11 Å². The minimum absolute atomic E-state index is 0.300. The highest BCUT2D eigenvalue weighted by molar-refractivity contribution is 6.04.